The van der Waals surface area contributed by atoms with Crippen LogP contribution in [-0.4, -0.2) is 11.3 Å². The number of benzene rings is 1. The second kappa shape index (κ2) is 2.45. The van der Waals surface area contributed by atoms with E-state index in [0.717, 1.165) is 0 Å². The molecule has 0 saturated carbocycles. The minimum Gasteiger partial charge on any atom is -0.343 e. The van der Waals surface area contributed by atoms with Crippen LogP contribution in [0.3, 0.4) is 0 Å². The van der Waals surface area contributed by atoms with E-state index in [1.165, 1.54) is 6.07 Å². The molecule has 0 amide bonds. The quantitative estimate of drug-likeness (QED) is 0.690. The molecule has 70 valence electrons. The highest BCUT2D eigenvalue weighted by Gasteiger charge is 2.34. The summed E-state index contributed by atoms with van der Waals surface area (Å²) in [6, 6.07) is 6.26. The topological polar surface area (TPSA) is 27.3 Å². The van der Waals surface area contributed by atoms with Crippen molar-refractivity contribution in [3.63, 3.8) is 0 Å². The zero-order valence-electron chi connectivity index (χ0n) is 6.21. The van der Waals surface area contributed by atoms with E-state index in [9.17, 15) is 13.2 Å². The maximum Gasteiger partial charge on any atom is 0.594 e. The lowest BCUT2D eigenvalue weighted by molar-refractivity contribution is -0.345. The largest absolute Gasteiger partial charge is 0.594 e. The maximum absolute atomic E-state index is 11.7. The molecule has 1 aromatic heterocycles. The van der Waals surface area contributed by atoms with Crippen molar-refractivity contribution in [3.8, 4) is 0 Å². The van der Waals surface area contributed by atoms with Gasteiger partial charge in [0.2, 0.25) is 0 Å². The molecule has 6 heteroatoms. The number of fused-ring (bicyclic) bond motifs is 1. The highest BCUT2D eigenvalue weighted by molar-refractivity contribution is 5.73. The summed E-state index contributed by atoms with van der Waals surface area (Å²) in [4.78, 5) is 3.84. The van der Waals surface area contributed by atoms with Crippen molar-refractivity contribution < 1.29 is 22.5 Å². The van der Waals surface area contributed by atoms with Gasteiger partial charge >= 0.3 is 6.36 Å². The molecular weight excluding hydrogens is 187 g/mol. The molecule has 0 radical (unpaired) electrons. The van der Waals surface area contributed by atoms with E-state index >= 15 is 0 Å². The normalized spacial score (nSPS) is 12.2. The summed E-state index contributed by atoms with van der Waals surface area (Å²) < 4.78 is 39.6. The Labute approximate surface area is 70.2 Å². The standard InChI is InChI=1S/C7H4F3NO2/c8-7(9,10)13-11-5-3-1-2-4-6(5)12-11/h1-4H. The first-order valence-corrected chi connectivity index (χ1v) is 3.39. The van der Waals surface area contributed by atoms with Gasteiger partial charge in [-0.05, 0) is 17.0 Å². The molecule has 2 rings (SSSR count). The fourth-order valence-electron chi connectivity index (χ4n) is 0.946. The van der Waals surface area contributed by atoms with Crippen LogP contribution < -0.4 is 4.84 Å². The molecular formula is C7H4F3NO2. The van der Waals surface area contributed by atoms with E-state index in [2.05, 4.69) is 9.36 Å². The summed E-state index contributed by atoms with van der Waals surface area (Å²) in [5, 5.41) is 0. The van der Waals surface area contributed by atoms with Gasteiger partial charge in [0.1, 0.15) is 0 Å². The van der Waals surface area contributed by atoms with Gasteiger partial charge in [0.15, 0.2) is 11.1 Å². The van der Waals surface area contributed by atoms with Gasteiger partial charge in [0, 0.05) is 0 Å². The molecule has 0 unspecified atom stereocenters. The van der Waals surface area contributed by atoms with E-state index in [0.29, 0.717) is 10.5 Å². The third-order valence-corrected chi connectivity index (χ3v) is 1.43. The fourth-order valence-corrected chi connectivity index (χ4v) is 0.946. The smallest absolute Gasteiger partial charge is 0.343 e. The van der Waals surface area contributed by atoms with Crippen molar-refractivity contribution in [1.29, 1.82) is 0 Å². The maximum atomic E-state index is 11.7. The summed E-state index contributed by atoms with van der Waals surface area (Å²) in [7, 11) is 0. The predicted octanol–water partition coefficient (Wildman–Crippen LogP) is 2.18. The van der Waals surface area contributed by atoms with Crippen LogP contribution in [0.25, 0.3) is 11.1 Å². The molecule has 0 N–H and O–H groups in total. The number of halogens is 3. The van der Waals surface area contributed by atoms with Gasteiger partial charge in [-0.3, -0.25) is 4.84 Å². The second-order valence-corrected chi connectivity index (χ2v) is 2.35. The molecule has 1 aromatic carbocycles. The van der Waals surface area contributed by atoms with Crippen molar-refractivity contribution >= 4 is 11.1 Å². The number of alkyl halides is 3. The minimum atomic E-state index is -4.73. The molecule has 0 aliphatic rings. The zero-order valence-corrected chi connectivity index (χ0v) is 6.21. The van der Waals surface area contributed by atoms with Gasteiger partial charge in [-0.1, -0.05) is 12.1 Å². The molecule has 0 aliphatic heterocycles. The van der Waals surface area contributed by atoms with Crippen molar-refractivity contribution in [3.05, 3.63) is 24.3 Å². The van der Waals surface area contributed by atoms with Crippen molar-refractivity contribution in [2.75, 3.05) is 0 Å². The van der Waals surface area contributed by atoms with Crippen molar-refractivity contribution in [1.82, 2.24) is 4.90 Å². The van der Waals surface area contributed by atoms with Crippen LogP contribution in [0.4, 0.5) is 13.2 Å². The molecule has 1 heterocycles. The summed E-state index contributed by atoms with van der Waals surface area (Å²) in [6.07, 6.45) is -4.73. The molecule has 0 aliphatic carbocycles. The zero-order chi connectivity index (χ0) is 9.47. The second-order valence-electron chi connectivity index (χ2n) is 2.35. The van der Waals surface area contributed by atoms with Crippen molar-refractivity contribution in [2.45, 2.75) is 6.36 Å². The van der Waals surface area contributed by atoms with Gasteiger partial charge in [0.05, 0.1) is 0 Å². The number of para-hydroxylation sites is 2. The van der Waals surface area contributed by atoms with E-state index in [-0.39, 0.29) is 5.52 Å². The van der Waals surface area contributed by atoms with Gasteiger partial charge in [-0.25, -0.2) is 0 Å². The number of hydrogen-bond acceptors (Lipinski definition) is 2. The van der Waals surface area contributed by atoms with E-state index in [4.69, 9.17) is 0 Å². The average Bonchev–Trinajstić information content (AvgIpc) is 1.99. The van der Waals surface area contributed by atoms with Crippen LogP contribution in [0.5, 0.6) is 0 Å². The molecule has 0 spiro atoms. The number of aromatic nitrogens is 1. The third-order valence-electron chi connectivity index (χ3n) is 1.43. The Morgan fingerprint density at radius 1 is 1.23 bits per heavy atom. The third kappa shape index (κ3) is 1.47. The number of hydrogen-bond donors (Lipinski definition) is 0. The SMILES string of the molecule is FC(F)(F)On1oc2ccccc21. The summed E-state index contributed by atoms with van der Waals surface area (Å²) in [5.41, 5.74) is 0.631. The monoisotopic (exact) mass is 191 g/mol. The molecule has 0 fully saturated rings. The van der Waals surface area contributed by atoms with Gasteiger partial charge in [0.25, 0.3) is 0 Å². The van der Waals surface area contributed by atoms with Gasteiger partial charge in [-0.15, -0.1) is 13.2 Å². The Kier molecular flexibility index (Phi) is 1.51. The lowest BCUT2D eigenvalue weighted by atomic mass is 10.3. The molecule has 13 heavy (non-hydrogen) atoms. The molecule has 0 atom stereocenters. The van der Waals surface area contributed by atoms with E-state index < -0.39 is 6.36 Å². The Balaban J connectivity index is 2.28. The molecule has 0 bridgehead atoms. The van der Waals surface area contributed by atoms with Crippen LogP contribution in [-0.2, 0) is 0 Å². The lowest BCUT2D eigenvalue weighted by Crippen LogP contribution is -2.28. The number of nitrogens with zero attached hydrogens (tertiary/aromatic N) is 1. The van der Waals surface area contributed by atoms with Crippen LogP contribution >= 0.6 is 0 Å². The van der Waals surface area contributed by atoms with E-state index in [1.54, 1.807) is 18.2 Å². The van der Waals surface area contributed by atoms with Gasteiger partial charge < -0.3 is 4.52 Å². The van der Waals surface area contributed by atoms with E-state index in [1.807, 2.05) is 0 Å². The highest BCUT2D eigenvalue weighted by atomic mass is 19.4. The molecule has 3 nitrogen and oxygen atoms in total. The summed E-state index contributed by atoms with van der Waals surface area (Å²) >= 11 is 0. The van der Waals surface area contributed by atoms with Crippen LogP contribution in [0, 0.1) is 0 Å². The Hall–Kier alpha value is -1.59. The Bertz CT molecular complexity index is 414. The first-order valence-electron chi connectivity index (χ1n) is 3.39. The molecule has 2 aromatic rings. The first kappa shape index (κ1) is 8.03. The lowest BCUT2D eigenvalue weighted by Gasteiger charge is -2.14. The van der Waals surface area contributed by atoms with Gasteiger partial charge in [-0.2, -0.15) is 0 Å². The summed E-state index contributed by atoms with van der Waals surface area (Å²) in [5.74, 6) is 0. The average molecular weight is 191 g/mol. The Morgan fingerprint density at radius 3 is 2.54 bits per heavy atom. The predicted molar refractivity (Wildman–Crippen MR) is 36.8 cm³/mol. The first-order chi connectivity index (χ1) is 6.06. The fraction of sp³-hybridized carbons (Fsp3) is 0.143. The minimum absolute atomic E-state index is 0.264. The van der Waals surface area contributed by atoms with Crippen LogP contribution in [0.15, 0.2) is 28.8 Å². The van der Waals surface area contributed by atoms with Crippen LogP contribution in [0.2, 0.25) is 0 Å². The highest BCUT2D eigenvalue weighted by Crippen LogP contribution is 2.21. The number of rotatable bonds is 1. The van der Waals surface area contributed by atoms with Crippen molar-refractivity contribution in [2.24, 2.45) is 0 Å². The molecule has 0 saturated heterocycles. The summed E-state index contributed by atoms with van der Waals surface area (Å²) in [6.45, 7) is 0. The van der Waals surface area contributed by atoms with Crippen LogP contribution in [0.1, 0.15) is 0 Å². The Morgan fingerprint density at radius 2 is 1.92 bits per heavy atom.